The van der Waals surface area contributed by atoms with Gasteiger partial charge in [-0.15, -0.1) is 0 Å². The van der Waals surface area contributed by atoms with E-state index in [1.54, 1.807) is 14.0 Å². The summed E-state index contributed by atoms with van der Waals surface area (Å²) in [6, 6.07) is 1.60. The van der Waals surface area contributed by atoms with Crippen LogP contribution < -0.4 is 5.32 Å². The van der Waals surface area contributed by atoms with Crippen molar-refractivity contribution < 1.29 is 13.2 Å². The molecule has 1 aliphatic heterocycles. The van der Waals surface area contributed by atoms with Crippen LogP contribution in [0, 0.1) is 6.92 Å². The first-order valence-corrected chi connectivity index (χ1v) is 9.18. The molecule has 0 bridgehead atoms. The molecular formula is C14H22N4O3S. The molecule has 1 atom stereocenters. The summed E-state index contributed by atoms with van der Waals surface area (Å²) < 4.78 is 25.2. The summed E-state index contributed by atoms with van der Waals surface area (Å²) in [5.41, 5.74) is 1.49. The fourth-order valence-corrected chi connectivity index (χ4v) is 3.89. The maximum absolute atomic E-state index is 11.9. The lowest BCUT2D eigenvalue weighted by atomic mass is 10.1. The number of hydrogen-bond donors (Lipinski definition) is 1. The van der Waals surface area contributed by atoms with Crippen LogP contribution in [0.4, 0.5) is 0 Å². The van der Waals surface area contributed by atoms with E-state index in [9.17, 15) is 13.2 Å². The molecular weight excluding hydrogens is 304 g/mol. The van der Waals surface area contributed by atoms with Gasteiger partial charge in [0.15, 0.2) is 0 Å². The van der Waals surface area contributed by atoms with Crippen LogP contribution in [0.1, 0.15) is 42.5 Å². The van der Waals surface area contributed by atoms with Gasteiger partial charge in [0.1, 0.15) is 5.82 Å². The van der Waals surface area contributed by atoms with Crippen molar-refractivity contribution in [3.05, 3.63) is 23.3 Å². The van der Waals surface area contributed by atoms with Gasteiger partial charge in [-0.3, -0.25) is 4.79 Å². The molecule has 1 aromatic heterocycles. The molecule has 2 heterocycles. The predicted molar refractivity (Wildman–Crippen MR) is 82.7 cm³/mol. The molecule has 8 heteroatoms. The zero-order valence-electron chi connectivity index (χ0n) is 13.2. The number of sulfonamides is 1. The zero-order chi connectivity index (χ0) is 16.3. The molecule has 1 saturated heterocycles. The normalized spacial score (nSPS) is 19.3. The first-order valence-electron chi connectivity index (χ1n) is 7.33. The van der Waals surface area contributed by atoms with Gasteiger partial charge in [-0.1, -0.05) is 0 Å². The van der Waals surface area contributed by atoms with E-state index < -0.39 is 10.0 Å². The molecule has 0 aliphatic carbocycles. The van der Waals surface area contributed by atoms with Gasteiger partial charge >= 0.3 is 0 Å². The van der Waals surface area contributed by atoms with Gasteiger partial charge < -0.3 is 5.32 Å². The van der Waals surface area contributed by atoms with Crippen LogP contribution in [0.25, 0.3) is 0 Å². The van der Waals surface area contributed by atoms with Crippen LogP contribution in [0.15, 0.2) is 6.07 Å². The highest BCUT2D eigenvalue weighted by atomic mass is 32.2. The summed E-state index contributed by atoms with van der Waals surface area (Å²) in [6.45, 7) is 2.31. The van der Waals surface area contributed by atoms with Crippen molar-refractivity contribution in [3.63, 3.8) is 0 Å². The third-order valence-electron chi connectivity index (χ3n) is 3.77. The van der Waals surface area contributed by atoms with Crippen LogP contribution in [0.3, 0.4) is 0 Å². The maximum Gasteiger partial charge on any atom is 0.220 e. The molecule has 22 heavy (non-hydrogen) atoms. The van der Waals surface area contributed by atoms with Gasteiger partial charge in [0, 0.05) is 25.7 Å². The smallest absolute Gasteiger partial charge is 0.220 e. The fourth-order valence-electron chi connectivity index (χ4n) is 2.75. The van der Waals surface area contributed by atoms with E-state index in [0.29, 0.717) is 25.2 Å². The predicted octanol–water partition coefficient (Wildman–Crippen LogP) is 0.560. The molecule has 0 unspecified atom stereocenters. The van der Waals surface area contributed by atoms with Gasteiger partial charge in [-0.25, -0.2) is 18.4 Å². The fraction of sp³-hybridized carbons (Fsp3) is 0.643. The Morgan fingerprint density at radius 1 is 1.45 bits per heavy atom. The number of aryl methyl sites for hydroxylation is 2. The number of amides is 1. The molecule has 0 aromatic carbocycles. The van der Waals surface area contributed by atoms with Crippen LogP contribution in [-0.2, 0) is 21.2 Å². The van der Waals surface area contributed by atoms with Gasteiger partial charge in [-0.05, 0) is 32.3 Å². The summed E-state index contributed by atoms with van der Waals surface area (Å²) in [4.78, 5) is 20.1. The van der Waals surface area contributed by atoms with E-state index in [1.165, 1.54) is 10.6 Å². The van der Waals surface area contributed by atoms with Gasteiger partial charge in [0.25, 0.3) is 0 Å². The quantitative estimate of drug-likeness (QED) is 0.853. The van der Waals surface area contributed by atoms with Crippen LogP contribution in [0.5, 0.6) is 0 Å². The minimum absolute atomic E-state index is 0.0450. The van der Waals surface area contributed by atoms with Crippen molar-refractivity contribution in [1.29, 1.82) is 0 Å². The highest BCUT2D eigenvalue weighted by Crippen LogP contribution is 2.33. The molecule has 0 saturated carbocycles. The summed E-state index contributed by atoms with van der Waals surface area (Å²) in [5, 5.41) is 2.58. The number of nitrogens with zero attached hydrogens (tertiary/aromatic N) is 3. The molecule has 0 spiro atoms. The van der Waals surface area contributed by atoms with Crippen molar-refractivity contribution in [2.45, 2.75) is 38.6 Å². The van der Waals surface area contributed by atoms with E-state index >= 15 is 0 Å². The number of carbonyl (C=O) groups excluding carboxylic acids is 1. The van der Waals surface area contributed by atoms with Crippen molar-refractivity contribution in [3.8, 4) is 0 Å². The highest BCUT2D eigenvalue weighted by molar-refractivity contribution is 7.88. The van der Waals surface area contributed by atoms with Crippen LogP contribution >= 0.6 is 0 Å². The average Bonchev–Trinajstić information content (AvgIpc) is 2.93. The summed E-state index contributed by atoms with van der Waals surface area (Å²) >= 11 is 0. The molecule has 1 N–H and O–H groups in total. The largest absolute Gasteiger partial charge is 0.359 e. The Hall–Kier alpha value is -1.54. The molecule has 7 nitrogen and oxygen atoms in total. The lowest BCUT2D eigenvalue weighted by molar-refractivity contribution is -0.120. The lowest BCUT2D eigenvalue weighted by Gasteiger charge is -2.22. The van der Waals surface area contributed by atoms with E-state index in [0.717, 1.165) is 24.2 Å². The number of aromatic nitrogens is 2. The van der Waals surface area contributed by atoms with E-state index in [-0.39, 0.29) is 11.9 Å². The minimum atomic E-state index is -3.25. The van der Waals surface area contributed by atoms with Crippen molar-refractivity contribution >= 4 is 15.9 Å². The van der Waals surface area contributed by atoms with Crippen molar-refractivity contribution in [1.82, 2.24) is 19.6 Å². The minimum Gasteiger partial charge on any atom is -0.359 e. The Morgan fingerprint density at radius 3 is 2.82 bits per heavy atom. The average molecular weight is 326 g/mol. The summed E-state index contributed by atoms with van der Waals surface area (Å²) in [6.07, 6.45) is 3.69. The molecule has 1 aliphatic rings. The molecule has 1 fully saturated rings. The summed E-state index contributed by atoms with van der Waals surface area (Å²) in [5.74, 6) is 0.557. The Bertz CT molecular complexity index is 660. The molecule has 0 radical (unpaired) electrons. The Kier molecular flexibility index (Phi) is 5.12. The Labute approximate surface area is 131 Å². The Balaban J connectivity index is 2.24. The van der Waals surface area contributed by atoms with Crippen LogP contribution in [-0.4, -0.2) is 48.4 Å². The third-order valence-corrected chi connectivity index (χ3v) is 5.06. The number of nitrogens with one attached hydrogen (secondary N) is 1. The monoisotopic (exact) mass is 326 g/mol. The molecule has 1 aromatic rings. The van der Waals surface area contributed by atoms with Crippen molar-refractivity contribution in [2.75, 3.05) is 19.8 Å². The Morgan fingerprint density at radius 2 is 2.18 bits per heavy atom. The zero-order valence-corrected chi connectivity index (χ0v) is 14.0. The summed E-state index contributed by atoms with van der Waals surface area (Å²) in [7, 11) is -1.65. The number of carbonyl (C=O) groups is 1. The first kappa shape index (κ1) is 16.8. The van der Waals surface area contributed by atoms with E-state index in [2.05, 4.69) is 15.3 Å². The molecule has 1 amide bonds. The van der Waals surface area contributed by atoms with Crippen molar-refractivity contribution in [2.24, 2.45) is 0 Å². The topological polar surface area (TPSA) is 92.3 Å². The lowest BCUT2D eigenvalue weighted by Crippen LogP contribution is -2.30. The second-order valence-electron chi connectivity index (χ2n) is 5.54. The van der Waals surface area contributed by atoms with E-state index in [1.807, 2.05) is 6.07 Å². The van der Waals surface area contributed by atoms with Gasteiger partial charge in [0.05, 0.1) is 18.0 Å². The van der Waals surface area contributed by atoms with E-state index in [4.69, 9.17) is 0 Å². The highest BCUT2D eigenvalue weighted by Gasteiger charge is 2.33. The standard InChI is InChI=1S/C14H22N4O3S/c1-10-16-11(6-7-14(19)15-2)9-12(17-10)13-5-4-8-18(13)22(3,20)21/h9,13H,4-8H2,1-3H3,(H,15,19)/t13-/m0/s1. The first-order chi connectivity index (χ1) is 10.3. The van der Waals surface area contributed by atoms with Gasteiger partial charge in [0.2, 0.25) is 15.9 Å². The second-order valence-corrected chi connectivity index (χ2v) is 7.47. The molecule has 122 valence electrons. The number of rotatable bonds is 5. The third kappa shape index (κ3) is 4.01. The number of hydrogen-bond acceptors (Lipinski definition) is 5. The maximum atomic E-state index is 11.9. The SMILES string of the molecule is CNC(=O)CCc1cc([C@@H]2CCCN2S(C)(=O)=O)nc(C)n1. The van der Waals surface area contributed by atoms with Crippen LogP contribution in [0.2, 0.25) is 0 Å². The van der Waals surface area contributed by atoms with Gasteiger partial charge in [-0.2, -0.15) is 4.31 Å². The second kappa shape index (κ2) is 6.70. The molecule has 2 rings (SSSR count).